The van der Waals surface area contributed by atoms with Crippen molar-refractivity contribution in [2.24, 2.45) is 0 Å². The number of thiocarbonyl (C=S) groups is 1. The molecule has 5 rings (SSSR count). The predicted molar refractivity (Wildman–Crippen MR) is 133 cm³/mol. The molecule has 0 amide bonds. The fraction of sp³-hybridized carbons (Fsp3) is 0.120. The van der Waals surface area contributed by atoms with Gasteiger partial charge in [0.05, 0.1) is 35.4 Å². The van der Waals surface area contributed by atoms with E-state index < -0.39 is 4.92 Å². The van der Waals surface area contributed by atoms with E-state index in [2.05, 4.69) is 10.3 Å². The number of methoxy groups -OCH3 is 1. The van der Waals surface area contributed by atoms with E-state index in [1.807, 2.05) is 29.2 Å². The van der Waals surface area contributed by atoms with Crippen molar-refractivity contribution < 1.29 is 19.2 Å². The first-order valence-corrected chi connectivity index (χ1v) is 11.1. The Morgan fingerprint density at radius 2 is 1.94 bits per heavy atom. The number of nitro groups is 1. The van der Waals surface area contributed by atoms with Crippen molar-refractivity contribution in [3.05, 3.63) is 101 Å². The van der Waals surface area contributed by atoms with Gasteiger partial charge in [0.2, 0.25) is 0 Å². The van der Waals surface area contributed by atoms with Gasteiger partial charge in [-0.3, -0.25) is 15.1 Å². The Hall–Kier alpha value is -4.44. The van der Waals surface area contributed by atoms with E-state index in [-0.39, 0.29) is 23.5 Å². The Labute approximate surface area is 205 Å². The highest BCUT2D eigenvalue weighted by molar-refractivity contribution is 7.80. The predicted octanol–water partition coefficient (Wildman–Crippen LogP) is 5.14. The minimum Gasteiger partial charge on any atom is -0.508 e. The molecule has 0 unspecified atom stereocenters. The number of phenolic OH excluding ortho intramolecular Hbond substituents is 1. The molecule has 0 spiro atoms. The van der Waals surface area contributed by atoms with Crippen molar-refractivity contribution in [2.75, 3.05) is 12.0 Å². The standard InChI is InChI=1S/C25H20N4O5S/c1-33-22-14-16(29(31)32)7-10-18(22)20-11-12-21(34-20)24-23(19-4-2-3-13-26-19)27-25(35)28(24)15-5-8-17(30)9-6-15/h2-14,23-24,30H,1H3,(H,27,35)/t23-,24+/m1/s1. The Morgan fingerprint density at radius 1 is 1.14 bits per heavy atom. The number of rotatable bonds is 6. The molecule has 176 valence electrons. The molecular formula is C25H20N4O5S. The lowest BCUT2D eigenvalue weighted by atomic mass is 10.0. The highest BCUT2D eigenvalue weighted by Gasteiger charge is 2.42. The third-order valence-corrected chi connectivity index (χ3v) is 6.12. The molecule has 9 nitrogen and oxygen atoms in total. The zero-order valence-electron chi connectivity index (χ0n) is 18.5. The molecule has 1 aliphatic rings. The summed E-state index contributed by atoms with van der Waals surface area (Å²) in [7, 11) is 1.45. The normalized spacial score (nSPS) is 17.3. The van der Waals surface area contributed by atoms with Gasteiger partial charge < -0.3 is 24.5 Å². The first-order valence-electron chi connectivity index (χ1n) is 10.7. The fourth-order valence-corrected chi connectivity index (χ4v) is 4.53. The van der Waals surface area contributed by atoms with E-state index in [9.17, 15) is 15.2 Å². The Morgan fingerprint density at radius 3 is 2.63 bits per heavy atom. The van der Waals surface area contributed by atoms with Crippen molar-refractivity contribution in [1.82, 2.24) is 10.3 Å². The summed E-state index contributed by atoms with van der Waals surface area (Å²) in [5.74, 6) is 1.58. The molecule has 2 aromatic heterocycles. The maximum atomic E-state index is 11.2. The number of benzene rings is 2. The van der Waals surface area contributed by atoms with Gasteiger partial charge in [0.25, 0.3) is 5.69 Å². The van der Waals surface area contributed by atoms with Gasteiger partial charge in [-0.15, -0.1) is 0 Å². The number of nitrogens with zero attached hydrogens (tertiary/aromatic N) is 3. The summed E-state index contributed by atoms with van der Waals surface area (Å²) in [5.41, 5.74) is 2.07. The maximum absolute atomic E-state index is 11.2. The van der Waals surface area contributed by atoms with Crippen LogP contribution in [-0.2, 0) is 0 Å². The molecule has 1 aliphatic heterocycles. The second-order valence-electron chi connectivity index (χ2n) is 7.86. The summed E-state index contributed by atoms with van der Waals surface area (Å²) < 4.78 is 11.7. The highest BCUT2D eigenvalue weighted by atomic mass is 32.1. The first-order chi connectivity index (χ1) is 17.0. The second-order valence-corrected chi connectivity index (χ2v) is 8.24. The summed E-state index contributed by atoms with van der Waals surface area (Å²) in [6, 6.07) is 19.7. The topological polar surface area (TPSA) is 114 Å². The number of pyridine rings is 1. The van der Waals surface area contributed by atoms with Crippen LogP contribution in [0.25, 0.3) is 11.3 Å². The Bertz CT molecular complexity index is 1390. The molecule has 2 aromatic carbocycles. The van der Waals surface area contributed by atoms with Crippen molar-refractivity contribution >= 4 is 28.7 Å². The zero-order valence-corrected chi connectivity index (χ0v) is 19.3. The first kappa shape index (κ1) is 22.4. The highest BCUT2D eigenvalue weighted by Crippen LogP contribution is 2.44. The van der Waals surface area contributed by atoms with Crippen LogP contribution in [0.4, 0.5) is 11.4 Å². The number of furan rings is 1. The molecule has 2 N–H and O–H groups in total. The van der Waals surface area contributed by atoms with Gasteiger partial charge in [-0.05, 0) is 66.8 Å². The lowest BCUT2D eigenvalue weighted by Crippen LogP contribution is -2.29. The number of aromatic nitrogens is 1. The number of hydrogen-bond donors (Lipinski definition) is 2. The SMILES string of the molecule is COc1cc([N+](=O)[O-])ccc1-c1ccc([C@H]2[C@@H](c3ccccn3)NC(=S)N2c2ccc(O)cc2)o1. The summed E-state index contributed by atoms with van der Waals surface area (Å²) in [4.78, 5) is 17.1. The van der Waals surface area contributed by atoms with Crippen molar-refractivity contribution in [3.8, 4) is 22.8 Å². The smallest absolute Gasteiger partial charge is 0.273 e. The number of hydrogen-bond acceptors (Lipinski definition) is 7. The third-order valence-electron chi connectivity index (χ3n) is 5.81. The largest absolute Gasteiger partial charge is 0.508 e. The van der Waals surface area contributed by atoms with Crippen LogP contribution in [0, 0.1) is 10.1 Å². The number of non-ortho nitro benzene ring substituents is 1. The molecule has 0 radical (unpaired) electrons. The number of anilines is 1. The number of aromatic hydroxyl groups is 1. The molecule has 4 aromatic rings. The lowest BCUT2D eigenvalue weighted by Gasteiger charge is -2.26. The minimum absolute atomic E-state index is 0.0727. The van der Waals surface area contributed by atoms with Crippen LogP contribution in [0.1, 0.15) is 23.5 Å². The summed E-state index contributed by atoms with van der Waals surface area (Å²) in [6.07, 6.45) is 1.72. The molecule has 1 saturated heterocycles. The minimum atomic E-state index is -0.474. The molecule has 10 heteroatoms. The van der Waals surface area contributed by atoms with Gasteiger partial charge in [-0.1, -0.05) is 6.07 Å². The Balaban J connectivity index is 1.59. The lowest BCUT2D eigenvalue weighted by molar-refractivity contribution is -0.384. The van der Waals surface area contributed by atoms with Crippen LogP contribution in [0.5, 0.6) is 11.5 Å². The maximum Gasteiger partial charge on any atom is 0.273 e. The monoisotopic (exact) mass is 488 g/mol. The molecule has 2 atom stereocenters. The van der Waals surface area contributed by atoms with Gasteiger partial charge in [-0.2, -0.15) is 0 Å². The number of nitro benzene ring substituents is 1. The van der Waals surface area contributed by atoms with E-state index in [4.69, 9.17) is 21.4 Å². The van der Waals surface area contributed by atoms with Gasteiger partial charge in [0.15, 0.2) is 5.11 Å². The zero-order chi connectivity index (χ0) is 24.5. The molecule has 0 saturated carbocycles. The summed E-state index contributed by atoms with van der Waals surface area (Å²) >= 11 is 5.69. The molecule has 1 fully saturated rings. The van der Waals surface area contributed by atoms with Crippen LogP contribution >= 0.6 is 12.2 Å². The van der Waals surface area contributed by atoms with Crippen LogP contribution in [0.3, 0.4) is 0 Å². The summed E-state index contributed by atoms with van der Waals surface area (Å²) in [5, 5.41) is 24.8. The van der Waals surface area contributed by atoms with Gasteiger partial charge >= 0.3 is 0 Å². The molecular weight excluding hydrogens is 468 g/mol. The fourth-order valence-electron chi connectivity index (χ4n) is 4.19. The molecule has 35 heavy (non-hydrogen) atoms. The summed E-state index contributed by atoms with van der Waals surface area (Å²) in [6.45, 7) is 0. The average Bonchev–Trinajstić information content (AvgIpc) is 3.49. The molecule has 0 aliphatic carbocycles. The van der Waals surface area contributed by atoms with Crippen LogP contribution < -0.4 is 15.0 Å². The van der Waals surface area contributed by atoms with Crippen LogP contribution in [0.15, 0.2) is 83.4 Å². The quantitative estimate of drug-likeness (QED) is 0.216. The van der Waals surface area contributed by atoms with Gasteiger partial charge in [0.1, 0.15) is 29.1 Å². The van der Waals surface area contributed by atoms with Crippen molar-refractivity contribution in [1.29, 1.82) is 0 Å². The van der Waals surface area contributed by atoms with E-state index in [1.165, 1.54) is 19.2 Å². The van der Waals surface area contributed by atoms with Crippen molar-refractivity contribution in [3.63, 3.8) is 0 Å². The second kappa shape index (κ2) is 9.07. The number of nitrogens with one attached hydrogen (secondary N) is 1. The van der Waals surface area contributed by atoms with E-state index in [0.717, 1.165) is 11.4 Å². The van der Waals surface area contributed by atoms with Gasteiger partial charge in [0, 0.05) is 18.0 Å². The molecule has 0 bridgehead atoms. The van der Waals surface area contributed by atoms with E-state index in [1.54, 1.807) is 42.6 Å². The van der Waals surface area contributed by atoms with Crippen molar-refractivity contribution in [2.45, 2.75) is 12.1 Å². The van der Waals surface area contributed by atoms with Gasteiger partial charge in [-0.25, -0.2) is 0 Å². The van der Waals surface area contributed by atoms with Crippen LogP contribution in [-0.4, -0.2) is 27.2 Å². The Kier molecular flexibility index (Phi) is 5.79. The number of phenols is 1. The molecule has 3 heterocycles. The van der Waals surface area contributed by atoms with E-state index in [0.29, 0.717) is 27.9 Å². The average molecular weight is 489 g/mol. The van der Waals surface area contributed by atoms with Crippen LogP contribution in [0.2, 0.25) is 0 Å². The third kappa shape index (κ3) is 4.15. The number of ether oxygens (including phenoxy) is 1. The van der Waals surface area contributed by atoms with E-state index >= 15 is 0 Å².